The number of nitrogen functional groups attached to an aromatic ring is 1. The molecule has 1 spiro atoms. The minimum absolute atomic E-state index is 0.213. The largest absolute Gasteiger partial charge is 0.397 e. The Balaban J connectivity index is 1.03. The van der Waals surface area contributed by atoms with Crippen LogP contribution in [0.3, 0.4) is 0 Å². The molecular weight excluding hydrogens is 494 g/mol. The fraction of sp³-hybridized carbons (Fsp3) is 0.294. The van der Waals surface area contributed by atoms with E-state index < -0.39 is 0 Å². The van der Waals surface area contributed by atoms with Gasteiger partial charge in [-0.1, -0.05) is 66.7 Å². The van der Waals surface area contributed by atoms with Gasteiger partial charge in [0, 0.05) is 32.4 Å². The first-order valence-corrected chi connectivity index (χ1v) is 14.3. The number of likely N-dealkylation sites (tertiary alicyclic amines) is 1. The Labute approximate surface area is 236 Å². The summed E-state index contributed by atoms with van der Waals surface area (Å²) in [5.41, 5.74) is 11.8. The first-order valence-electron chi connectivity index (χ1n) is 14.3. The topological polar surface area (TPSA) is 74.5 Å². The van der Waals surface area contributed by atoms with Gasteiger partial charge in [0.1, 0.15) is 5.82 Å². The Morgan fingerprint density at radius 3 is 2.30 bits per heavy atom. The summed E-state index contributed by atoms with van der Waals surface area (Å²) in [5, 5.41) is 2.97. The van der Waals surface area contributed by atoms with E-state index in [9.17, 15) is 4.79 Å². The second-order valence-corrected chi connectivity index (χ2v) is 11.3. The van der Waals surface area contributed by atoms with Crippen molar-refractivity contribution in [3.8, 4) is 11.1 Å². The van der Waals surface area contributed by atoms with Crippen molar-refractivity contribution < 1.29 is 4.79 Å². The zero-order chi connectivity index (χ0) is 27.4. The number of piperidine rings is 1. The maximum absolute atomic E-state index is 13.0. The molecule has 3 N–H and O–H groups in total. The van der Waals surface area contributed by atoms with Gasteiger partial charge in [-0.05, 0) is 78.6 Å². The van der Waals surface area contributed by atoms with E-state index in [1.807, 2.05) is 60.7 Å². The Hall–Kier alpha value is -4.16. The molecule has 1 aromatic heterocycles. The molecule has 2 saturated heterocycles. The number of hydrogen-bond acceptors (Lipinski definition) is 5. The highest BCUT2D eigenvalue weighted by molar-refractivity contribution is 6.06. The van der Waals surface area contributed by atoms with Gasteiger partial charge in [0.2, 0.25) is 0 Å². The molecule has 1 amide bonds. The number of nitrogens with one attached hydrogen (secondary N) is 1. The molecule has 0 atom stereocenters. The number of anilines is 3. The van der Waals surface area contributed by atoms with Gasteiger partial charge in [0.15, 0.2) is 0 Å². The molecule has 6 rings (SSSR count). The molecule has 3 aromatic carbocycles. The molecule has 204 valence electrons. The summed E-state index contributed by atoms with van der Waals surface area (Å²) in [6.45, 7) is 5.56. The fourth-order valence-corrected chi connectivity index (χ4v) is 6.15. The van der Waals surface area contributed by atoms with Crippen molar-refractivity contribution in [2.45, 2.75) is 25.7 Å². The predicted octanol–water partition coefficient (Wildman–Crippen LogP) is 6.12. The molecule has 6 heteroatoms. The third-order valence-electron chi connectivity index (χ3n) is 8.64. The number of carbonyl (C=O) groups excluding carboxylic acids is 1. The highest BCUT2D eigenvalue weighted by atomic mass is 16.1. The van der Waals surface area contributed by atoms with Crippen molar-refractivity contribution in [1.82, 2.24) is 9.88 Å². The highest BCUT2D eigenvalue weighted by Gasteiger charge is 2.40. The first kappa shape index (κ1) is 26.1. The van der Waals surface area contributed by atoms with Crippen LogP contribution in [0.5, 0.6) is 0 Å². The van der Waals surface area contributed by atoms with E-state index >= 15 is 0 Å². The van der Waals surface area contributed by atoms with Crippen LogP contribution in [0.2, 0.25) is 0 Å². The van der Waals surface area contributed by atoms with Crippen molar-refractivity contribution in [3.05, 3.63) is 108 Å². The molecule has 6 nitrogen and oxygen atoms in total. The Morgan fingerprint density at radius 1 is 0.850 bits per heavy atom. The average Bonchev–Trinajstić information content (AvgIpc) is 3.40. The molecule has 2 aliphatic heterocycles. The lowest BCUT2D eigenvalue weighted by atomic mass is 9.78. The number of aromatic nitrogens is 1. The van der Waals surface area contributed by atoms with E-state index in [-0.39, 0.29) is 5.91 Å². The summed E-state index contributed by atoms with van der Waals surface area (Å²) in [7, 11) is 0. The maximum atomic E-state index is 13.0. The second-order valence-electron chi connectivity index (χ2n) is 11.3. The summed E-state index contributed by atoms with van der Waals surface area (Å²) in [6.07, 6.45) is 6.47. The third kappa shape index (κ3) is 5.87. The zero-order valence-corrected chi connectivity index (χ0v) is 22.9. The number of hydrogen-bond donors (Lipinski definition) is 2. The van der Waals surface area contributed by atoms with Crippen molar-refractivity contribution >= 4 is 23.1 Å². The van der Waals surface area contributed by atoms with Crippen LogP contribution in [0.1, 0.15) is 35.2 Å². The lowest BCUT2D eigenvalue weighted by Crippen LogP contribution is -2.42. The zero-order valence-electron chi connectivity index (χ0n) is 22.9. The van der Waals surface area contributed by atoms with Crippen LogP contribution in [-0.4, -0.2) is 48.5 Å². The van der Waals surface area contributed by atoms with E-state index in [0.29, 0.717) is 22.4 Å². The van der Waals surface area contributed by atoms with Gasteiger partial charge >= 0.3 is 0 Å². The van der Waals surface area contributed by atoms with E-state index in [2.05, 4.69) is 50.4 Å². The number of benzene rings is 3. The lowest BCUT2D eigenvalue weighted by Gasteiger charge is -2.40. The number of pyridine rings is 1. The summed E-state index contributed by atoms with van der Waals surface area (Å²) < 4.78 is 0. The molecule has 0 aliphatic carbocycles. The van der Waals surface area contributed by atoms with Gasteiger partial charge < -0.3 is 20.9 Å². The third-order valence-corrected chi connectivity index (χ3v) is 8.64. The van der Waals surface area contributed by atoms with Crippen LogP contribution in [0.25, 0.3) is 11.1 Å². The summed E-state index contributed by atoms with van der Waals surface area (Å²) in [6, 6.07) is 30.4. The maximum Gasteiger partial charge on any atom is 0.257 e. The van der Waals surface area contributed by atoms with E-state index in [1.165, 1.54) is 37.9 Å². The van der Waals surface area contributed by atoms with Crippen LogP contribution in [0.15, 0.2) is 97.2 Å². The van der Waals surface area contributed by atoms with Gasteiger partial charge in [-0.3, -0.25) is 4.79 Å². The van der Waals surface area contributed by atoms with Crippen LogP contribution < -0.4 is 16.0 Å². The SMILES string of the molecule is Nc1ccc(-c2ccccc2)cc1NC(=O)c1ccc(N2CCC3(CCN(CCc4ccccc4)C3)CC2)nc1. The van der Waals surface area contributed by atoms with Crippen LogP contribution in [0, 0.1) is 5.41 Å². The van der Waals surface area contributed by atoms with E-state index in [4.69, 9.17) is 5.73 Å². The molecule has 0 bridgehead atoms. The summed E-state index contributed by atoms with van der Waals surface area (Å²) in [5.74, 6) is 0.728. The number of amides is 1. The molecule has 3 heterocycles. The first-order chi connectivity index (χ1) is 19.6. The minimum Gasteiger partial charge on any atom is -0.397 e. The smallest absolute Gasteiger partial charge is 0.257 e. The summed E-state index contributed by atoms with van der Waals surface area (Å²) >= 11 is 0. The van der Waals surface area contributed by atoms with E-state index in [1.54, 1.807) is 6.20 Å². The summed E-state index contributed by atoms with van der Waals surface area (Å²) in [4.78, 5) is 22.7. The Kier molecular flexibility index (Phi) is 7.51. The molecular formula is C34H37N5O. The lowest BCUT2D eigenvalue weighted by molar-refractivity contribution is 0.102. The normalized spacial score (nSPS) is 16.8. The molecule has 0 radical (unpaired) electrons. The highest BCUT2D eigenvalue weighted by Crippen LogP contribution is 2.41. The average molecular weight is 532 g/mol. The molecule has 0 unspecified atom stereocenters. The minimum atomic E-state index is -0.213. The predicted molar refractivity (Wildman–Crippen MR) is 164 cm³/mol. The van der Waals surface area contributed by atoms with Crippen LogP contribution >= 0.6 is 0 Å². The Bertz CT molecular complexity index is 1430. The molecule has 40 heavy (non-hydrogen) atoms. The number of carbonyl (C=O) groups is 1. The van der Waals surface area contributed by atoms with Crippen molar-refractivity contribution in [2.75, 3.05) is 48.7 Å². The van der Waals surface area contributed by atoms with Crippen molar-refractivity contribution in [2.24, 2.45) is 5.41 Å². The quantitative estimate of drug-likeness (QED) is 0.281. The number of nitrogens with zero attached hydrogens (tertiary/aromatic N) is 3. The van der Waals surface area contributed by atoms with Gasteiger partial charge in [-0.25, -0.2) is 4.98 Å². The Morgan fingerprint density at radius 2 is 1.57 bits per heavy atom. The van der Waals surface area contributed by atoms with Gasteiger partial charge in [0.25, 0.3) is 5.91 Å². The van der Waals surface area contributed by atoms with Gasteiger partial charge in [-0.2, -0.15) is 0 Å². The molecule has 0 saturated carbocycles. The van der Waals surface area contributed by atoms with Crippen molar-refractivity contribution in [3.63, 3.8) is 0 Å². The van der Waals surface area contributed by atoms with E-state index in [0.717, 1.165) is 43.0 Å². The van der Waals surface area contributed by atoms with Gasteiger partial charge in [-0.15, -0.1) is 0 Å². The molecule has 2 fully saturated rings. The second kappa shape index (κ2) is 11.5. The standard InChI is InChI=1S/C34H37N5O/c35-30-13-11-28(27-9-5-2-6-10-27)23-31(30)37-33(40)29-12-14-32(36-24-29)39-21-17-34(18-22-39)16-20-38(25-34)19-15-26-7-3-1-4-8-26/h1-14,23-24H,15-22,25,35H2,(H,37,40). The van der Waals surface area contributed by atoms with Crippen LogP contribution in [-0.2, 0) is 6.42 Å². The van der Waals surface area contributed by atoms with Crippen molar-refractivity contribution in [1.29, 1.82) is 0 Å². The monoisotopic (exact) mass is 531 g/mol. The molecule has 4 aromatic rings. The number of rotatable bonds is 7. The number of nitrogens with two attached hydrogens (primary N) is 1. The fourth-order valence-electron chi connectivity index (χ4n) is 6.15. The molecule has 2 aliphatic rings. The van der Waals surface area contributed by atoms with Crippen LogP contribution in [0.4, 0.5) is 17.2 Å². The van der Waals surface area contributed by atoms with Gasteiger partial charge in [0.05, 0.1) is 16.9 Å².